The van der Waals surface area contributed by atoms with E-state index < -0.39 is 10.8 Å². The summed E-state index contributed by atoms with van der Waals surface area (Å²) in [6, 6.07) is 8.15. The molecule has 28 heavy (non-hydrogen) atoms. The van der Waals surface area contributed by atoms with Crippen LogP contribution in [0.2, 0.25) is 0 Å². The van der Waals surface area contributed by atoms with Gasteiger partial charge in [-0.15, -0.1) is 24.0 Å². The third kappa shape index (κ3) is 7.09. The van der Waals surface area contributed by atoms with Crippen LogP contribution in [-0.4, -0.2) is 71.9 Å². The number of benzene rings is 1. The van der Waals surface area contributed by atoms with Gasteiger partial charge in [0, 0.05) is 54.0 Å². The minimum atomic E-state index is -0.873. The monoisotopic (exact) mass is 522 g/mol. The lowest BCUT2D eigenvalue weighted by atomic mass is 10.2. The van der Waals surface area contributed by atoms with Gasteiger partial charge in [-0.25, -0.2) is 0 Å². The van der Waals surface area contributed by atoms with E-state index in [4.69, 9.17) is 9.73 Å². The predicted molar refractivity (Wildman–Crippen MR) is 131 cm³/mol. The van der Waals surface area contributed by atoms with Crippen molar-refractivity contribution in [2.24, 2.45) is 4.99 Å². The normalized spacial score (nSPS) is 16.4. The molecule has 0 amide bonds. The van der Waals surface area contributed by atoms with E-state index in [0.717, 1.165) is 50.1 Å². The second kappa shape index (κ2) is 11.8. The van der Waals surface area contributed by atoms with Crippen LogP contribution in [0.1, 0.15) is 27.7 Å². The van der Waals surface area contributed by atoms with Crippen molar-refractivity contribution < 1.29 is 8.95 Å². The molecule has 0 radical (unpaired) electrons. The molecule has 2 rings (SSSR count). The smallest absolute Gasteiger partial charge is 0.194 e. The average Bonchev–Trinajstić information content (AvgIpc) is 2.66. The Labute approximate surface area is 189 Å². The maximum absolute atomic E-state index is 12.2. The van der Waals surface area contributed by atoms with E-state index in [1.165, 1.54) is 0 Å². The molecule has 1 aromatic rings. The van der Waals surface area contributed by atoms with Crippen LogP contribution in [0.4, 0.5) is 5.69 Å². The van der Waals surface area contributed by atoms with E-state index >= 15 is 0 Å². The van der Waals surface area contributed by atoms with Gasteiger partial charge in [0.1, 0.15) is 5.75 Å². The van der Waals surface area contributed by atoms with Gasteiger partial charge in [0.25, 0.3) is 0 Å². The molecule has 1 aliphatic rings. The highest BCUT2D eigenvalue weighted by Gasteiger charge is 2.22. The average molecular weight is 522 g/mol. The Kier molecular flexibility index (Phi) is 10.6. The number of ether oxygens (including phenoxy) is 1. The molecule has 1 atom stereocenters. The minimum absolute atomic E-state index is 0. The SMILES string of the molecule is CCNC(=NCCS(=O)C(C)(C)C)N1CCN(c2ccccc2OC)CC1.I. The number of hydrogen-bond acceptors (Lipinski definition) is 4. The minimum Gasteiger partial charge on any atom is -0.495 e. The molecule has 6 nitrogen and oxygen atoms in total. The van der Waals surface area contributed by atoms with Gasteiger partial charge in [0.15, 0.2) is 5.96 Å². The van der Waals surface area contributed by atoms with Crippen LogP contribution in [-0.2, 0) is 10.8 Å². The van der Waals surface area contributed by atoms with Crippen LogP contribution < -0.4 is 15.0 Å². The molecule has 0 aromatic heterocycles. The van der Waals surface area contributed by atoms with Gasteiger partial charge >= 0.3 is 0 Å². The van der Waals surface area contributed by atoms with Crippen molar-refractivity contribution in [1.82, 2.24) is 10.2 Å². The number of methoxy groups -OCH3 is 1. The molecule has 1 saturated heterocycles. The molecule has 1 heterocycles. The fourth-order valence-electron chi connectivity index (χ4n) is 3.02. The molecule has 1 unspecified atom stereocenters. The van der Waals surface area contributed by atoms with Gasteiger partial charge < -0.3 is 19.9 Å². The van der Waals surface area contributed by atoms with E-state index in [1.807, 2.05) is 39.0 Å². The Balaban J connectivity index is 0.00000392. The lowest BCUT2D eigenvalue weighted by Crippen LogP contribution is -2.52. The van der Waals surface area contributed by atoms with Crippen LogP contribution in [0.15, 0.2) is 29.3 Å². The zero-order valence-corrected chi connectivity index (χ0v) is 20.9. The first-order chi connectivity index (χ1) is 12.9. The summed E-state index contributed by atoms with van der Waals surface area (Å²) in [5.41, 5.74) is 1.14. The molecular formula is C20H35IN4O2S. The Morgan fingerprint density at radius 1 is 1.21 bits per heavy atom. The largest absolute Gasteiger partial charge is 0.495 e. The lowest BCUT2D eigenvalue weighted by molar-refractivity contribution is 0.367. The highest BCUT2D eigenvalue weighted by Crippen LogP contribution is 2.28. The van der Waals surface area contributed by atoms with Crippen LogP contribution in [0.5, 0.6) is 5.75 Å². The van der Waals surface area contributed by atoms with Crippen LogP contribution >= 0.6 is 24.0 Å². The van der Waals surface area contributed by atoms with Gasteiger partial charge in [-0.1, -0.05) is 12.1 Å². The van der Waals surface area contributed by atoms with Gasteiger partial charge in [-0.2, -0.15) is 0 Å². The molecule has 8 heteroatoms. The van der Waals surface area contributed by atoms with E-state index in [1.54, 1.807) is 7.11 Å². The van der Waals surface area contributed by atoms with E-state index in [2.05, 4.69) is 28.1 Å². The van der Waals surface area contributed by atoms with Crippen molar-refractivity contribution in [1.29, 1.82) is 0 Å². The summed E-state index contributed by atoms with van der Waals surface area (Å²) in [4.78, 5) is 9.36. The summed E-state index contributed by atoms with van der Waals surface area (Å²) in [7, 11) is 0.842. The number of piperazine rings is 1. The number of hydrogen-bond donors (Lipinski definition) is 1. The van der Waals surface area contributed by atoms with Crippen LogP contribution in [0.3, 0.4) is 0 Å². The van der Waals surface area contributed by atoms with Crippen molar-refractivity contribution in [2.75, 3.05) is 57.0 Å². The van der Waals surface area contributed by atoms with Crippen molar-refractivity contribution in [3.8, 4) is 5.75 Å². The number of aliphatic imine (C=N–C) groups is 1. The van der Waals surface area contributed by atoms with Crippen molar-refractivity contribution >= 4 is 46.4 Å². The molecule has 1 aromatic carbocycles. The number of anilines is 1. The zero-order valence-electron chi connectivity index (χ0n) is 17.7. The molecule has 160 valence electrons. The number of para-hydroxylation sites is 2. The number of halogens is 1. The summed E-state index contributed by atoms with van der Waals surface area (Å²) < 4.78 is 17.5. The van der Waals surface area contributed by atoms with Crippen LogP contribution in [0, 0.1) is 0 Å². The van der Waals surface area contributed by atoms with E-state index in [-0.39, 0.29) is 28.7 Å². The molecule has 0 saturated carbocycles. The first kappa shape index (κ1) is 25.0. The maximum Gasteiger partial charge on any atom is 0.194 e. The Hall–Kier alpha value is -1.03. The summed E-state index contributed by atoms with van der Waals surface area (Å²) in [5, 5.41) is 3.38. The van der Waals surface area contributed by atoms with Crippen molar-refractivity contribution in [2.45, 2.75) is 32.4 Å². The molecule has 1 N–H and O–H groups in total. The van der Waals surface area contributed by atoms with Crippen molar-refractivity contribution in [3.63, 3.8) is 0 Å². The van der Waals surface area contributed by atoms with Gasteiger partial charge in [0.05, 0.1) is 19.3 Å². The molecule has 1 fully saturated rings. The number of nitrogens with zero attached hydrogens (tertiary/aromatic N) is 3. The molecule has 0 aliphatic carbocycles. The Morgan fingerprint density at radius 2 is 1.86 bits per heavy atom. The first-order valence-corrected chi connectivity index (χ1v) is 11.0. The topological polar surface area (TPSA) is 57.2 Å². The molecule has 1 aliphatic heterocycles. The van der Waals surface area contributed by atoms with Gasteiger partial charge in [-0.3, -0.25) is 9.20 Å². The number of rotatable bonds is 6. The highest BCUT2D eigenvalue weighted by molar-refractivity contribution is 14.0. The molecule has 0 spiro atoms. The zero-order chi connectivity index (χ0) is 19.9. The van der Waals surface area contributed by atoms with E-state index in [9.17, 15) is 4.21 Å². The predicted octanol–water partition coefficient (Wildman–Crippen LogP) is 2.95. The third-order valence-corrected chi connectivity index (χ3v) is 6.48. The summed E-state index contributed by atoms with van der Waals surface area (Å²) in [5.74, 6) is 2.43. The van der Waals surface area contributed by atoms with E-state index in [0.29, 0.717) is 12.3 Å². The van der Waals surface area contributed by atoms with Gasteiger partial charge in [-0.05, 0) is 39.8 Å². The molecule has 0 bridgehead atoms. The fourth-order valence-corrected chi connectivity index (χ4v) is 3.89. The standard InChI is InChI=1S/C20H34N4O2S.HI/c1-6-21-19(22-11-16-27(25)20(2,3)4)24-14-12-23(13-15-24)17-9-7-8-10-18(17)26-5;/h7-10H,6,11-16H2,1-5H3,(H,21,22);1H. The van der Waals surface area contributed by atoms with Crippen LogP contribution in [0.25, 0.3) is 0 Å². The summed E-state index contributed by atoms with van der Waals surface area (Å²) >= 11 is 0. The first-order valence-electron chi connectivity index (χ1n) is 9.66. The highest BCUT2D eigenvalue weighted by atomic mass is 127. The Bertz CT molecular complexity index is 656. The van der Waals surface area contributed by atoms with Crippen molar-refractivity contribution in [3.05, 3.63) is 24.3 Å². The third-order valence-electron chi connectivity index (χ3n) is 4.56. The fraction of sp³-hybridized carbons (Fsp3) is 0.650. The Morgan fingerprint density at radius 3 is 2.43 bits per heavy atom. The second-order valence-corrected chi connectivity index (χ2v) is 9.87. The van der Waals surface area contributed by atoms with Gasteiger partial charge in [0.2, 0.25) is 0 Å². The molecular weight excluding hydrogens is 487 g/mol. The number of guanidine groups is 1. The second-order valence-electron chi connectivity index (χ2n) is 7.54. The summed E-state index contributed by atoms with van der Waals surface area (Å²) in [6.07, 6.45) is 0. The lowest BCUT2D eigenvalue weighted by Gasteiger charge is -2.38. The quantitative estimate of drug-likeness (QED) is 0.354. The summed E-state index contributed by atoms with van der Waals surface area (Å²) in [6.45, 7) is 13.1. The maximum atomic E-state index is 12.2. The number of nitrogens with one attached hydrogen (secondary N) is 1.